The van der Waals surface area contributed by atoms with Crippen molar-refractivity contribution in [2.75, 3.05) is 0 Å². The predicted octanol–water partition coefficient (Wildman–Crippen LogP) is 2.66. The summed E-state index contributed by atoms with van der Waals surface area (Å²) >= 11 is 0. The molecule has 0 fully saturated rings. The number of Topliss-reactive ketones (excluding diaryl/α,β-unsaturated/α-hetero) is 1. The van der Waals surface area contributed by atoms with Crippen LogP contribution in [0.2, 0.25) is 0 Å². The summed E-state index contributed by atoms with van der Waals surface area (Å²) in [4.78, 5) is 11.1. The third kappa shape index (κ3) is 2.09. The number of hydrogen-bond acceptors (Lipinski definition) is 2. The second kappa shape index (κ2) is 3.90. The molecule has 0 unspecified atom stereocenters. The molecular formula is C10H12O2. The molecule has 0 N–H and O–H groups in total. The summed E-state index contributed by atoms with van der Waals surface area (Å²) in [5.41, 5.74) is 0.743. The Hall–Kier alpha value is -1.31. The van der Waals surface area contributed by atoms with Gasteiger partial charge in [-0.1, -0.05) is 6.92 Å². The van der Waals surface area contributed by atoms with Gasteiger partial charge in [0.05, 0.1) is 6.26 Å². The normalized spacial score (nSPS) is 11.7. The lowest BCUT2D eigenvalue weighted by Gasteiger charge is -1.94. The first-order valence-electron chi connectivity index (χ1n) is 3.99. The van der Waals surface area contributed by atoms with Gasteiger partial charge >= 0.3 is 0 Å². The molecule has 12 heavy (non-hydrogen) atoms. The van der Waals surface area contributed by atoms with Gasteiger partial charge in [0.25, 0.3) is 0 Å². The van der Waals surface area contributed by atoms with Crippen LogP contribution in [0.15, 0.2) is 28.4 Å². The molecule has 0 aliphatic rings. The molecule has 0 aliphatic carbocycles. The van der Waals surface area contributed by atoms with Crippen molar-refractivity contribution < 1.29 is 9.21 Å². The van der Waals surface area contributed by atoms with Crippen molar-refractivity contribution in [1.82, 2.24) is 0 Å². The number of hydrogen-bond donors (Lipinski definition) is 0. The van der Waals surface area contributed by atoms with Crippen LogP contribution in [0, 0.1) is 0 Å². The topological polar surface area (TPSA) is 30.2 Å². The number of carbonyl (C=O) groups is 1. The average Bonchev–Trinajstić information content (AvgIpc) is 2.55. The van der Waals surface area contributed by atoms with E-state index in [4.69, 9.17) is 4.42 Å². The second-order valence-corrected chi connectivity index (χ2v) is 2.62. The summed E-state index contributed by atoms with van der Waals surface area (Å²) in [6.07, 6.45) is 3.89. The largest absolute Gasteiger partial charge is 0.465 e. The van der Waals surface area contributed by atoms with Gasteiger partial charge in [-0.15, -0.1) is 0 Å². The van der Waals surface area contributed by atoms with E-state index < -0.39 is 0 Å². The van der Waals surface area contributed by atoms with Gasteiger partial charge in [0.2, 0.25) is 0 Å². The molecule has 0 amide bonds. The van der Waals surface area contributed by atoms with Gasteiger partial charge in [-0.2, -0.15) is 0 Å². The van der Waals surface area contributed by atoms with E-state index in [0.717, 1.165) is 11.3 Å². The van der Waals surface area contributed by atoms with Crippen LogP contribution in [0.4, 0.5) is 0 Å². The van der Waals surface area contributed by atoms with E-state index >= 15 is 0 Å². The lowest BCUT2D eigenvalue weighted by atomic mass is 10.1. The molecule has 1 rings (SSSR count). The standard InChI is InChI=1S/C10H12O2/c1-3-10(11)8(2)7-9-5-4-6-12-9/h4-7H,3H2,1-2H3/b8-7+. The molecule has 0 saturated heterocycles. The maximum Gasteiger partial charge on any atom is 0.158 e. The Morgan fingerprint density at radius 3 is 2.92 bits per heavy atom. The number of carbonyl (C=O) groups excluding carboxylic acids is 1. The van der Waals surface area contributed by atoms with Crippen molar-refractivity contribution in [1.29, 1.82) is 0 Å². The Morgan fingerprint density at radius 1 is 1.67 bits per heavy atom. The second-order valence-electron chi connectivity index (χ2n) is 2.62. The van der Waals surface area contributed by atoms with Gasteiger partial charge in [-0.3, -0.25) is 4.79 Å². The number of rotatable bonds is 3. The Labute approximate surface area is 71.9 Å². The zero-order chi connectivity index (χ0) is 8.97. The molecule has 64 valence electrons. The fourth-order valence-corrected chi connectivity index (χ4v) is 0.946. The Balaban J connectivity index is 2.76. The molecule has 2 nitrogen and oxygen atoms in total. The third-order valence-corrected chi connectivity index (χ3v) is 1.66. The van der Waals surface area contributed by atoms with E-state index in [0.29, 0.717) is 6.42 Å². The quantitative estimate of drug-likeness (QED) is 0.643. The first-order valence-corrected chi connectivity index (χ1v) is 3.99. The monoisotopic (exact) mass is 164 g/mol. The van der Waals surface area contributed by atoms with E-state index in [1.165, 1.54) is 0 Å². The predicted molar refractivity (Wildman–Crippen MR) is 47.7 cm³/mol. The molecule has 1 aromatic heterocycles. The Kier molecular flexibility index (Phi) is 2.86. The van der Waals surface area contributed by atoms with Gasteiger partial charge in [0.1, 0.15) is 5.76 Å². The molecule has 2 heteroatoms. The lowest BCUT2D eigenvalue weighted by Crippen LogP contribution is -1.95. The van der Waals surface area contributed by atoms with Crippen molar-refractivity contribution in [3.05, 3.63) is 29.7 Å². The molecule has 0 aromatic carbocycles. The molecule has 1 aromatic rings. The highest BCUT2D eigenvalue weighted by atomic mass is 16.3. The molecule has 0 saturated carbocycles. The number of ketones is 1. The number of furan rings is 1. The van der Waals surface area contributed by atoms with Crippen molar-refractivity contribution in [2.45, 2.75) is 20.3 Å². The van der Waals surface area contributed by atoms with Crippen LogP contribution in [-0.2, 0) is 4.79 Å². The summed E-state index contributed by atoms with van der Waals surface area (Å²) in [5.74, 6) is 0.890. The highest BCUT2D eigenvalue weighted by molar-refractivity contribution is 5.98. The van der Waals surface area contributed by atoms with Crippen LogP contribution in [-0.4, -0.2) is 5.78 Å². The van der Waals surface area contributed by atoms with Crippen molar-refractivity contribution >= 4 is 11.9 Å². The van der Waals surface area contributed by atoms with Gasteiger partial charge in [0.15, 0.2) is 5.78 Å². The zero-order valence-corrected chi connectivity index (χ0v) is 7.33. The summed E-state index contributed by atoms with van der Waals surface area (Å²) in [6.45, 7) is 3.65. The first-order chi connectivity index (χ1) is 5.74. The SMILES string of the molecule is CCC(=O)/C(C)=C/c1ccco1. The van der Waals surface area contributed by atoms with Crippen LogP contribution in [0.1, 0.15) is 26.0 Å². The van der Waals surface area contributed by atoms with Crippen molar-refractivity contribution in [3.63, 3.8) is 0 Å². The van der Waals surface area contributed by atoms with Crippen molar-refractivity contribution in [2.24, 2.45) is 0 Å². The molecule has 0 spiro atoms. The summed E-state index contributed by atoms with van der Waals surface area (Å²) in [5, 5.41) is 0. The van der Waals surface area contributed by atoms with Crippen LogP contribution in [0.25, 0.3) is 6.08 Å². The van der Waals surface area contributed by atoms with E-state index in [1.807, 2.05) is 13.0 Å². The van der Waals surface area contributed by atoms with Gasteiger partial charge in [-0.25, -0.2) is 0 Å². The van der Waals surface area contributed by atoms with Gasteiger partial charge < -0.3 is 4.42 Å². The average molecular weight is 164 g/mol. The zero-order valence-electron chi connectivity index (χ0n) is 7.33. The summed E-state index contributed by atoms with van der Waals surface area (Å²) in [7, 11) is 0. The molecule has 0 aliphatic heterocycles. The fourth-order valence-electron chi connectivity index (χ4n) is 0.946. The highest BCUT2D eigenvalue weighted by Crippen LogP contribution is 2.08. The first kappa shape index (κ1) is 8.78. The van der Waals surface area contributed by atoms with Crippen LogP contribution in [0.5, 0.6) is 0 Å². The third-order valence-electron chi connectivity index (χ3n) is 1.66. The minimum atomic E-state index is 0.159. The van der Waals surface area contributed by atoms with Crippen LogP contribution < -0.4 is 0 Å². The lowest BCUT2D eigenvalue weighted by molar-refractivity contribution is -0.115. The van der Waals surface area contributed by atoms with E-state index in [9.17, 15) is 4.79 Å². The fraction of sp³-hybridized carbons (Fsp3) is 0.300. The number of allylic oxidation sites excluding steroid dienone is 1. The molecule has 1 heterocycles. The molecule has 0 bridgehead atoms. The van der Waals surface area contributed by atoms with E-state index in [-0.39, 0.29) is 5.78 Å². The van der Waals surface area contributed by atoms with Gasteiger partial charge in [-0.05, 0) is 30.7 Å². The molecule has 0 radical (unpaired) electrons. The molecular weight excluding hydrogens is 152 g/mol. The Bertz CT molecular complexity index is 281. The molecule has 0 atom stereocenters. The summed E-state index contributed by atoms with van der Waals surface area (Å²) in [6, 6.07) is 3.63. The van der Waals surface area contributed by atoms with Gasteiger partial charge in [0, 0.05) is 6.42 Å². The van der Waals surface area contributed by atoms with Crippen LogP contribution in [0.3, 0.4) is 0 Å². The van der Waals surface area contributed by atoms with E-state index in [1.54, 1.807) is 25.3 Å². The summed E-state index contributed by atoms with van der Waals surface area (Å²) < 4.78 is 5.07. The van der Waals surface area contributed by atoms with E-state index in [2.05, 4.69) is 0 Å². The minimum absolute atomic E-state index is 0.159. The van der Waals surface area contributed by atoms with Crippen LogP contribution >= 0.6 is 0 Å². The highest BCUT2D eigenvalue weighted by Gasteiger charge is 2.01. The Morgan fingerprint density at radius 2 is 2.42 bits per heavy atom. The smallest absolute Gasteiger partial charge is 0.158 e. The maximum absolute atomic E-state index is 11.1. The minimum Gasteiger partial charge on any atom is -0.465 e. The maximum atomic E-state index is 11.1. The van der Waals surface area contributed by atoms with Crippen molar-refractivity contribution in [3.8, 4) is 0 Å².